The van der Waals surface area contributed by atoms with Gasteiger partial charge in [0.25, 0.3) is 0 Å². The Kier molecular flexibility index (Phi) is 9.07. The third kappa shape index (κ3) is 9.59. The number of carbonyl (C=O) groups excluding carboxylic acids is 2. The van der Waals surface area contributed by atoms with Gasteiger partial charge in [-0.25, -0.2) is 4.79 Å². The van der Waals surface area contributed by atoms with Crippen molar-refractivity contribution in [2.24, 2.45) is 5.73 Å². The summed E-state index contributed by atoms with van der Waals surface area (Å²) in [6.45, 7) is 0.866. The van der Waals surface area contributed by atoms with Crippen LogP contribution in [0.4, 0.5) is 0 Å². The molecule has 22 heavy (non-hydrogen) atoms. The lowest BCUT2D eigenvalue weighted by Gasteiger charge is -2.24. The minimum atomic E-state index is -1.03. The van der Waals surface area contributed by atoms with E-state index in [2.05, 4.69) is 17.9 Å². The lowest BCUT2D eigenvalue weighted by Crippen LogP contribution is -2.50. The predicted octanol–water partition coefficient (Wildman–Crippen LogP) is -1.16. The van der Waals surface area contributed by atoms with Crippen molar-refractivity contribution >= 4 is 30.5 Å². The smallest absolute Gasteiger partial charge is 0.329 e. The van der Waals surface area contributed by atoms with Crippen molar-refractivity contribution in [2.45, 2.75) is 24.9 Å². The Morgan fingerprint density at radius 1 is 1.32 bits per heavy atom. The second-order valence-electron chi connectivity index (χ2n) is 5.96. The van der Waals surface area contributed by atoms with Crippen LogP contribution in [0.2, 0.25) is 0 Å². The zero-order valence-electron chi connectivity index (χ0n) is 13.2. The van der Waals surface area contributed by atoms with Gasteiger partial charge in [0, 0.05) is 12.2 Å². The molecule has 9 heteroatoms. The van der Waals surface area contributed by atoms with Crippen molar-refractivity contribution < 1.29 is 28.7 Å². The van der Waals surface area contributed by atoms with Crippen LogP contribution in [-0.2, 0) is 19.1 Å². The minimum Gasteiger partial charge on any atom is -0.481 e. The molecule has 1 amide bonds. The highest BCUT2D eigenvalue weighted by Gasteiger charge is 2.24. The molecule has 0 rings (SSSR count). The molecule has 0 saturated carbocycles. The van der Waals surface area contributed by atoms with Crippen LogP contribution < -0.4 is 11.1 Å². The molecule has 0 aromatic rings. The maximum absolute atomic E-state index is 11.9. The summed E-state index contributed by atoms with van der Waals surface area (Å²) in [4.78, 5) is 34.1. The summed E-state index contributed by atoms with van der Waals surface area (Å²) < 4.78 is 5.74. The van der Waals surface area contributed by atoms with E-state index in [1.165, 1.54) is 0 Å². The summed E-state index contributed by atoms with van der Waals surface area (Å²) in [5.41, 5.74) is 5.57. The molecule has 0 unspecified atom stereocenters. The fourth-order valence-electron chi connectivity index (χ4n) is 1.39. The molecular formula is C13H26N3O5S+. The van der Waals surface area contributed by atoms with Crippen molar-refractivity contribution in [3.63, 3.8) is 0 Å². The fourth-order valence-corrected chi connectivity index (χ4v) is 1.63. The number of hydrogen-bond donors (Lipinski definition) is 4. The molecule has 0 saturated heterocycles. The lowest BCUT2D eigenvalue weighted by molar-refractivity contribution is -0.870. The van der Waals surface area contributed by atoms with Crippen molar-refractivity contribution in [3.05, 3.63) is 0 Å². The molecule has 0 radical (unpaired) electrons. The first-order valence-electron chi connectivity index (χ1n) is 6.92. The van der Waals surface area contributed by atoms with Gasteiger partial charge in [-0.2, -0.15) is 12.6 Å². The summed E-state index contributed by atoms with van der Waals surface area (Å²) in [7, 11) is 5.90. The first-order valence-corrected chi connectivity index (χ1v) is 7.55. The number of thiol groups is 1. The maximum atomic E-state index is 11.9. The molecule has 0 bridgehead atoms. The van der Waals surface area contributed by atoms with Gasteiger partial charge in [-0.05, 0) is 6.42 Å². The van der Waals surface area contributed by atoms with Crippen molar-refractivity contribution in [3.8, 4) is 0 Å². The second kappa shape index (κ2) is 9.65. The number of carboxylic acids is 1. The van der Waals surface area contributed by atoms with Crippen molar-refractivity contribution in [1.29, 1.82) is 0 Å². The Morgan fingerprint density at radius 3 is 2.36 bits per heavy atom. The highest BCUT2D eigenvalue weighted by molar-refractivity contribution is 7.80. The zero-order valence-corrected chi connectivity index (χ0v) is 14.1. The van der Waals surface area contributed by atoms with Gasteiger partial charge in [0.1, 0.15) is 19.2 Å². The standard InChI is InChI=1S/C13H25N3O5S/c1-16(2,3)6-7-21-13(20)10(8-22)15-12(19)9(14)4-5-11(17)18/h9-10H,4-8,14H2,1-3H3,(H2-,15,17,18,19,22)/p+1/t9-,10+/m0/s1. The van der Waals surface area contributed by atoms with Crippen molar-refractivity contribution in [2.75, 3.05) is 40.0 Å². The average molecular weight is 336 g/mol. The van der Waals surface area contributed by atoms with Crippen LogP contribution in [0.25, 0.3) is 0 Å². The molecule has 0 aromatic heterocycles. The molecule has 0 aliphatic heterocycles. The van der Waals surface area contributed by atoms with Gasteiger partial charge in [0.2, 0.25) is 5.91 Å². The van der Waals surface area contributed by atoms with Gasteiger partial charge in [-0.3, -0.25) is 9.59 Å². The number of ether oxygens (including phenoxy) is 1. The normalized spacial score (nSPS) is 14.0. The predicted molar refractivity (Wildman–Crippen MR) is 84.5 cm³/mol. The van der Waals surface area contributed by atoms with Crippen LogP contribution in [0.15, 0.2) is 0 Å². The number of quaternary nitrogens is 1. The quantitative estimate of drug-likeness (QED) is 0.227. The number of likely N-dealkylation sites (N-methyl/N-ethyl adjacent to an activating group) is 1. The number of carboxylic acid groups (broad SMARTS) is 1. The first-order chi connectivity index (χ1) is 10.1. The Bertz CT molecular complexity index is 398. The van der Waals surface area contributed by atoms with Crippen LogP contribution in [0, 0.1) is 0 Å². The number of hydrogen-bond acceptors (Lipinski definition) is 6. The monoisotopic (exact) mass is 336 g/mol. The third-order valence-electron chi connectivity index (χ3n) is 2.80. The van der Waals surface area contributed by atoms with Crippen LogP contribution >= 0.6 is 12.6 Å². The molecule has 4 N–H and O–H groups in total. The summed E-state index contributed by atoms with van der Waals surface area (Å²) >= 11 is 4.01. The molecule has 0 aromatic carbocycles. The van der Waals surface area contributed by atoms with Crippen LogP contribution in [0.1, 0.15) is 12.8 Å². The van der Waals surface area contributed by atoms with Crippen LogP contribution in [0.5, 0.6) is 0 Å². The van der Waals surface area contributed by atoms with E-state index in [9.17, 15) is 14.4 Å². The molecule has 2 atom stereocenters. The molecule has 0 aliphatic carbocycles. The Hall–Kier alpha value is -1.32. The van der Waals surface area contributed by atoms with Gasteiger partial charge in [-0.1, -0.05) is 0 Å². The number of rotatable bonds is 10. The number of nitrogens with two attached hydrogens (primary N) is 1. The first kappa shape index (κ1) is 20.7. The zero-order chi connectivity index (χ0) is 17.3. The number of carbonyl (C=O) groups is 3. The van der Waals surface area contributed by atoms with Gasteiger partial charge >= 0.3 is 11.9 Å². The second-order valence-corrected chi connectivity index (χ2v) is 6.33. The van der Waals surface area contributed by atoms with Crippen LogP contribution in [-0.4, -0.2) is 79.6 Å². The van der Waals surface area contributed by atoms with Crippen LogP contribution in [0.3, 0.4) is 0 Å². The van der Waals surface area contributed by atoms with E-state index in [1.807, 2.05) is 21.1 Å². The average Bonchev–Trinajstić information content (AvgIpc) is 2.39. The number of aliphatic carboxylic acids is 1. The van der Waals surface area contributed by atoms with Gasteiger partial charge in [0.05, 0.1) is 27.2 Å². The number of nitrogens with zero attached hydrogens (tertiary/aromatic N) is 1. The Labute approximate surface area is 136 Å². The highest BCUT2D eigenvalue weighted by Crippen LogP contribution is 1.99. The molecule has 0 spiro atoms. The van der Waals surface area contributed by atoms with Crippen molar-refractivity contribution in [1.82, 2.24) is 5.32 Å². The van der Waals surface area contributed by atoms with E-state index < -0.39 is 29.9 Å². The largest absolute Gasteiger partial charge is 0.481 e. The fraction of sp³-hybridized carbons (Fsp3) is 0.769. The lowest BCUT2D eigenvalue weighted by atomic mass is 10.1. The summed E-state index contributed by atoms with van der Waals surface area (Å²) in [6, 6.07) is -1.89. The molecular weight excluding hydrogens is 310 g/mol. The van der Waals surface area contributed by atoms with E-state index >= 15 is 0 Å². The van der Waals surface area contributed by atoms with E-state index in [-0.39, 0.29) is 25.2 Å². The Morgan fingerprint density at radius 2 is 1.91 bits per heavy atom. The maximum Gasteiger partial charge on any atom is 0.329 e. The molecule has 0 heterocycles. The van der Waals surface area contributed by atoms with E-state index in [0.29, 0.717) is 11.0 Å². The molecule has 128 valence electrons. The Balaban J connectivity index is 4.30. The SMILES string of the molecule is C[N+](C)(C)CCOC(=O)[C@@H](CS)NC(=O)[C@@H](N)CCC(=O)O. The molecule has 8 nitrogen and oxygen atoms in total. The summed E-state index contributed by atoms with van der Waals surface area (Å²) in [5.74, 6) is -2.14. The van der Waals surface area contributed by atoms with E-state index in [0.717, 1.165) is 0 Å². The molecule has 0 aliphatic rings. The summed E-state index contributed by atoms with van der Waals surface area (Å²) in [5, 5.41) is 11.0. The van der Waals surface area contributed by atoms with E-state index in [4.69, 9.17) is 15.6 Å². The third-order valence-corrected chi connectivity index (χ3v) is 3.16. The minimum absolute atomic E-state index is 0.00297. The number of nitrogens with one attached hydrogen (secondary N) is 1. The van der Waals surface area contributed by atoms with Gasteiger partial charge in [0.15, 0.2) is 0 Å². The topological polar surface area (TPSA) is 119 Å². The van der Waals surface area contributed by atoms with Gasteiger partial charge < -0.3 is 25.4 Å². The van der Waals surface area contributed by atoms with E-state index in [1.54, 1.807) is 0 Å². The van der Waals surface area contributed by atoms with Gasteiger partial charge in [-0.15, -0.1) is 0 Å². The molecule has 0 fully saturated rings. The number of esters is 1. The highest BCUT2D eigenvalue weighted by atomic mass is 32.1. The summed E-state index contributed by atoms with van der Waals surface area (Å²) in [6.07, 6.45) is -0.217. The number of amides is 1.